The van der Waals surface area contributed by atoms with Gasteiger partial charge in [0.2, 0.25) is 5.95 Å². The van der Waals surface area contributed by atoms with Crippen molar-refractivity contribution in [1.82, 2.24) is 9.97 Å². The lowest BCUT2D eigenvalue weighted by Gasteiger charge is -2.36. The molecule has 0 saturated carbocycles. The summed E-state index contributed by atoms with van der Waals surface area (Å²) >= 11 is 0. The highest BCUT2D eigenvalue weighted by molar-refractivity contribution is 6.03. The predicted molar refractivity (Wildman–Crippen MR) is 123 cm³/mol. The van der Waals surface area contributed by atoms with Gasteiger partial charge in [-0.15, -0.1) is 0 Å². The number of benzene rings is 1. The molecule has 2 aliphatic rings. The summed E-state index contributed by atoms with van der Waals surface area (Å²) in [5.41, 5.74) is 2.60. The van der Waals surface area contributed by atoms with Gasteiger partial charge in [-0.1, -0.05) is 0 Å². The SMILES string of the molecule is CNc1nc(N2CCN(c3ccc(OC)cc3)CC2)nc2c1C(=O)C[C@@H](c1ccco1)C2. The highest BCUT2D eigenvalue weighted by atomic mass is 16.5. The van der Waals surface area contributed by atoms with Gasteiger partial charge in [-0.3, -0.25) is 4.79 Å². The number of rotatable bonds is 5. The number of Topliss-reactive ketones (excluding diaryl/α,β-unsaturated/α-hetero) is 1. The molecule has 32 heavy (non-hydrogen) atoms. The van der Waals surface area contributed by atoms with Gasteiger partial charge in [0.15, 0.2) is 5.78 Å². The molecule has 2 aromatic heterocycles. The van der Waals surface area contributed by atoms with Gasteiger partial charge in [0.1, 0.15) is 17.3 Å². The Labute approximate surface area is 187 Å². The molecule has 0 radical (unpaired) electrons. The standard InChI is InChI=1S/C24H27N5O3/c1-25-23-22-19(14-16(15-20(22)30)21-4-3-13-32-21)26-24(27-23)29-11-9-28(10-12-29)17-5-7-18(31-2)8-6-17/h3-8,13,16H,9-12,14-15H2,1-2H3,(H,25,26,27)/t16-/m0/s1. The zero-order valence-corrected chi connectivity index (χ0v) is 18.4. The molecule has 0 unspecified atom stereocenters. The molecule has 1 aromatic carbocycles. The van der Waals surface area contributed by atoms with E-state index in [2.05, 4.69) is 27.2 Å². The Hall–Kier alpha value is -3.55. The van der Waals surface area contributed by atoms with Crippen molar-refractivity contribution in [3.8, 4) is 5.75 Å². The van der Waals surface area contributed by atoms with E-state index in [0.717, 1.165) is 43.4 Å². The Morgan fingerprint density at radius 3 is 2.44 bits per heavy atom. The van der Waals surface area contributed by atoms with Crippen LogP contribution in [0.5, 0.6) is 5.75 Å². The molecule has 0 bridgehead atoms. The smallest absolute Gasteiger partial charge is 0.227 e. The summed E-state index contributed by atoms with van der Waals surface area (Å²) < 4.78 is 10.8. The quantitative estimate of drug-likeness (QED) is 0.656. The summed E-state index contributed by atoms with van der Waals surface area (Å²) in [4.78, 5) is 27.0. The largest absolute Gasteiger partial charge is 0.497 e. The number of piperazine rings is 1. The van der Waals surface area contributed by atoms with E-state index in [4.69, 9.17) is 19.1 Å². The number of ether oxygens (including phenoxy) is 1. The maximum Gasteiger partial charge on any atom is 0.227 e. The van der Waals surface area contributed by atoms with Crippen LogP contribution >= 0.6 is 0 Å². The van der Waals surface area contributed by atoms with Crippen LogP contribution in [-0.2, 0) is 6.42 Å². The minimum atomic E-state index is 0.0179. The van der Waals surface area contributed by atoms with Crippen molar-refractivity contribution in [2.75, 3.05) is 55.5 Å². The van der Waals surface area contributed by atoms with Crippen molar-refractivity contribution in [1.29, 1.82) is 0 Å². The van der Waals surface area contributed by atoms with E-state index in [-0.39, 0.29) is 11.7 Å². The van der Waals surface area contributed by atoms with Gasteiger partial charge in [0, 0.05) is 57.7 Å². The Kier molecular flexibility index (Phi) is 5.43. The van der Waals surface area contributed by atoms with E-state index in [1.807, 2.05) is 24.3 Å². The third-order valence-corrected chi connectivity index (χ3v) is 6.30. The second-order valence-corrected chi connectivity index (χ2v) is 8.16. The number of nitrogens with zero attached hydrogens (tertiary/aromatic N) is 4. The number of nitrogens with one attached hydrogen (secondary N) is 1. The summed E-state index contributed by atoms with van der Waals surface area (Å²) in [5.74, 6) is 3.07. The number of carbonyl (C=O) groups excluding carboxylic acids is 1. The van der Waals surface area contributed by atoms with Gasteiger partial charge in [-0.25, -0.2) is 4.98 Å². The highest BCUT2D eigenvalue weighted by Crippen LogP contribution is 2.35. The van der Waals surface area contributed by atoms with Crippen molar-refractivity contribution >= 4 is 23.2 Å². The molecule has 1 saturated heterocycles. The Balaban J connectivity index is 1.35. The van der Waals surface area contributed by atoms with Crippen LogP contribution < -0.4 is 19.9 Å². The summed E-state index contributed by atoms with van der Waals surface area (Å²) in [6.45, 7) is 3.36. The maximum absolute atomic E-state index is 12.9. The Morgan fingerprint density at radius 1 is 1.03 bits per heavy atom. The first kappa shape index (κ1) is 20.4. The molecule has 8 heteroatoms. The van der Waals surface area contributed by atoms with E-state index < -0.39 is 0 Å². The summed E-state index contributed by atoms with van der Waals surface area (Å²) in [6, 6.07) is 11.9. The Morgan fingerprint density at radius 2 is 1.78 bits per heavy atom. The van der Waals surface area contributed by atoms with Crippen LogP contribution in [0.3, 0.4) is 0 Å². The summed E-state index contributed by atoms with van der Waals surface area (Å²) in [6.07, 6.45) is 2.74. The maximum atomic E-state index is 12.9. The van der Waals surface area contributed by atoms with E-state index in [1.54, 1.807) is 20.4 Å². The number of methoxy groups -OCH3 is 1. The van der Waals surface area contributed by atoms with E-state index in [1.165, 1.54) is 5.69 Å². The predicted octanol–water partition coefficient (Wildman–Crippen LogP) is 3.36. The second-order valence-electron chi connectivity index (χ2n) is 8.16. The number of aromatic nitrogens is 2. The number of fused-ring (bicyclic) bond motifs is 1. The third kappa shape index (κ3) is 3.77. The fourth-order valence-corrected chi connectivity index (χ4v) is 4.57. The molecule has 0 amide bonds. The van der Waals surface area contributed by atoms with Crippen LogP contribution in [0.2, 0.25) is 0 Å². The number of furan rings is 1. The number of hydrogen-bond donors (Lipinski definition) is 1. The molecule has 5 rings (SSSR count). The Bertz CT molecular complexity index is 1090. The van der Waals surface area contributed by atoms with Gasteiger partial charge in [0.25, 0.3) is 0 Å². The monoisotopic (exact) mass is 433 g/mol. The second kappa shape index (κ2) is 8.53. The van der Waals surface area contributed by atoms with Crippen LogP contribution in [0.1, 0.15) is 34.2 Å². The average Bonchev–Trinajstić information content (AvgIpc) is 3.38. The molecule has 8 nitrogen and oxygen atoms in total. The van der Waals surface area contributed by atoms with Gasteiger partial charge < -0.3 is 24.3 Å². The molecule has 1 atom stereocenters. The lowest BCUT2D eigenvalue weighted by molar-refractivity contribution is 0.0959. The van der Waals surface area contributed by atoms with Crippen molar-refractivity contribution in [2.24, 2.45) is 0 Å². The van der Waals surface area contributed by atoms with Crippen molar-refractivity contribution in [3.05, 3.63) is 59.7 Å². The minimum absolute atomic E-state index is 0.0179. The summed E-state index contributed by atoms with van der Waals surface area (Å²) in [7, 11) is 3.48. The normalized spacial score (nSPS) is 18.4. The first-order valence-electron chi connectivity index (χ1n) is 11.0. The zero-order valence-electron chi connectivity index (χ0n) is 18.4. The zero-order chi connectivity index (χ0) is 22.1. The van der Waals surface area contributed by atoms with Gasteiger partial charge in [-0.05, 0) is 36.4 Å². The number of anilines is 3. The lowest BCUT2D eigenvalue weighted by atomic mass is 9.84. The number of hydrogen-bond acceptors (Lipinski definition) is 8. The molecular formula is C24H27N5O3. The highest BCUT2D eigenvalue weighted by Gasteiger charge is 2.33. The fraction of sp³-hybridized carbons (Fsp3) is 0.375. The van der Waals surface area contributed by atoms with Gasteiger partial charge in [-0.2, -0.15) is 4.98 Å². The summed E-state index contributed by atoms with van der Waals surface area (Å²) in [5, 5.41) is 3.12. The third-order valence-electron chi connectivity index (χ3n) is 6.30. The van der Waals surface area contributed by atoms with Crippen molar-refractivity contribution < 1.29 is 13.9 Å². The molecule has 1 aliphatic heterocycles. The molecule has 1 N–H and O–H groups in total. The molecular weight excluding hydrogens is 406 g/mol. The topological polar surface area (TPSA) is 83.7 Å². The van der Waals surface area contributed by atoms with Crippen LogP contribution in [0.25, 0.3) is 0 Å². The average molecular weight is 434 g/mol. The van der Waals surface area contributed by atoms with E-state index in [9.17, 15) is 4.79 Å². The van der Waals surface area contributed by atoms with Crippen LogP contribution in [0.15, 0.2) is 47.1 Å². The lowest BCUT2D eigenvalue weighted by Crippen LogP contribution is -2.47. The first-order chi connectivity index (χ1) is 15.7. The molecule has 3 aromatic rings. The van der Waals surface area contributed by atoms with Gasteiger partial charge in [0.05, 0.1) is 24.6 Å². The molecule has 3 heterocycles. The fourth-order valence-electron chi connectivity index (χ4n) is 4.57. The van der Waals surface area contributed by atoms with Crippen LogP contribution in [0.4, 0.5) is 17.5 Å². The van der Waals surface area contributed by atoms with Crippen LogP contribution in [0, 0.1) is 0 Å². The molecule has 166 valence electrons. The molecule has 0 spiro atoms. The van der Waals surface area contributed by atoms with Crippen LogP contribution in [-0.4, -0.2) is 56.1 Å². The van der Waals surface area contributed by atoms with Crippen molar-refractivity contribution in [3.63, 3.8) is 0 Å². The molecule has 1 fully saturated rings. The van der Waals surface area contributed by atoms with E-state index >= 15 is 0 Å². The van der Waals surface area contributed by atoms with Crippen molar-refractivity contribution in [2.45, 2.75) is 18.8 Å². The number of ketones is 1. The minimum Gasteiger partial charge on any atom is -0.497 e. The number of carbonyl (C=O) groups is 1. The first-order valence-corrected chi connectivity index (χ1v) is 11.0. The molecule has 1 aliphatic carbocycles. The van der Waals surface area contributed by atoms with E-state index in [0.29, 0.717) is 30.2 Å². The van der Waals surface area contributed by atoms with Gasteiger partial charge >= 0.3 is 0 Å².